The van der Waals surface area contributed by atoms with Gasteiger partial charge in [0.2, 0.25) is 0 Å². The van der Waals surface area contributed by atoms with Crippen LogP contribution in [0.5, 0.6) is 0 Å². The third-order valence-corrected chi connectivity index (χ3v) is 3.01. The molecule has 0 amide bonds. The number of carboxylic acid groups (broad SMARTS) is 1. The number of rotatable bonds is 4. The molecule has 0 bridgehead atoms. The molecule has 1 aliphatic rings. The Morgan fingerprint density at radius 2 is 2.06 bits per heavy atom. The maximum absolute atomic E-state index is 12.3. The molecule has 0 radical (unpaired) electrons. The lowest BCUT2D eigenvalue weighted by Gasteiger charge is -2.30. The molecule has 94 valence electrons. The minimum Gasteiger partial charge on any atom is -0.480 e. The van der Waals surface area contributed by atoms with Crippen LogP contribution in [0.1, 0.15) is 26.2 Å². The van der Waals surface area contributed by atoms with Gasteiger partial charge >= 0.3 is 12.1 Å². The number of hydrogen-bond donors (Lipinski definition) is 1. The van der Waals surface area contributed by atoms with Gasteiger partial charge in [-0.3, -0.25) is 9.69 Å². The number of hydrogen-bond acceptors (Lipinski definition) is 2. The molecule has 6 heteroatoms. The Hall–Kier alpha value is -0.780. The molecule has 1 N–H and O–H groups in total. The molecule has 1 fully saturated rings. The van der Waals surface area contributed by atoms with Gasteiger partial charge < -0.3 is 5.11 Å². The first kappa shape index (κ1) is 13.3. The number of alkyl halides is 3. The average molecular weight is 239 g/mol. The van der Waals surface area contributed by atoms with Gasteiger partial charge in [-0.2, -0.15) is 13.2 Å². The minimum absolute atomic E-state index is 0.140. The van der Waals surface area contributed by atoms with E-state index in [1.807, 2.05) is 6.92 Å². The zero-order valence-electron chi connectivity index (χ0n) is 9.13. The van der Waals surface area contributed by atoms with Crippen molar-refractivity contribution in [2.45, 2.75) is 38.4 Å². The lowest BCUT2D eigenvalue weighted by molar-refractivity contribution is -0.159. The highest BCUT2D eigenvalue weighted by Crippen LogP contribution is 2.31. The van der Waals surface area contributed by atoms with Crippen LogP contribution in [0, 0.1) is 5.92 Å². The van der Waals surface area contributed by atoms with E-state index in [2.05, 4.69) is 0 Å². The smallest absolute Gasteiger partial charge is 0.401 e. The second-order valence-electron chi connectivity index (χ2n) is 4.39. The van der Waals surface area contributed by atoms with Crippen LogP contribution in [-0.4, -0.2) is 41.3 Å². The van der Waals surface area contributed by atoms with E-state index in [-0.39, 0.29) is 12.0 Å². The first-order valence-corrected chi connectivity index (χ1v) is 5.32. The summed E-state index contributed by atoms with van der Waals surface area (Å²) in [5, 5.41) is 8.62. The van der Waals surface area contributed by atoms with E-state index in [1.54, 1.807) is 0 Å². The lowest BCUT2D eigenvalue weighted by Crippen LogP contribution is -2.45. The van der Waals surface area contributed by atoms with E-state index in [0.29, 0.717) is 6.42 Å². The molecule has 3 nitrogen and oxygen atoms in total. The predicted molar refractivity (Wildman–Crippen MR) is 52.1 cm³/mol. The highest BCUT2D eigenvalue weighted by atomic mass is 19.4. The van der Waals surface area contributed by atoms with Crippen molar-refractivity contribution in [1.29, 1.82) is 0 Å². The van der Waals surface area contributed by atoms with Crippen LogP contribution in [-0.2, 0) is 4.79 Å². The molecular formula is C10H16F3NO2. The van der Waals surface area contributed by atoms with Crippen LogP contribution < -0.4 is 0 Å². The highest BCUT2D eigenvalue weighted by Gasteiger charge is 2.38. The quantitative estimate of drug-likeness (QED) is 0.817. The van der Waals surface area contributed by atoms with Gasteiger partial charge in [-0.1, -0.05) is 13.3 Å². The summed E-state index contributed by atoms with van der Waals surface area (Å²) in [5.74, 6) is -1.06. The van der Waals surface area contributed by atoms with Crippen molar-refractivity contribution >= 4 is 5.97 Å². The van der Waals surface area contributed by atoms with Gasteiger partial charge in [0.15, 0.2) is 0 Å². The van der Waals surface area contributed by atoms with Crippen molar-refractivity contribution in [3.63, 3.8) is 0 Å². The van der Waals surface area contributed by atoms with E-state index < -0.39 is 25.2 Å². The SMILES string of the molecule is CC1CCCC1N(CC(=O)O)CC(F)(F)F. The maximum Gasteiger partial charge on any atom is 0.401 e. The number of halogens is 3. The number of carboxylic acids is 1. The molecule has 1 saturated carbocycles. The molecule has 1 aliphatic carbocycles. The highest BCUT2D eigenvalue weighted by molar-refractivity contribution is 5.69. The van der Waals surface area contributed by atoms with Crippen molar-refractivity contribution in [2.75, 3.05) is 13.1 Å². The summed E-state index contributed by atoms with van der Waals surface area (Å²) >= 11 is 0. The van der Waals surface area contributed by atoms with Crippen molar-refractivity contribution < 1.29 is 23.1 Å². The standard InChI is InChI=1S/C10H16F3NO2/c1-7-3-2-4-8(7)14(5-9(15)16)6-10(11,12)13/h7-8H,2-6H2,1H3,(H,15,16). The fourth-order valence-electron chi connectivity index (χ4n) is 2.36. The Morgan fingerprint density at radius 3 is 2.44 bits per heavy atom. The Morgan fingerprint density at radius 1 is 1.44 bits per heavy atom. The molecule has 0 saturated heterocycles. The van der Waals surface area contributed by atoms with Gasteiger partial charge in [-0.05, 0) is 18.8 Å². The minimum atomic E-state index is -4.34. The normalized spacial score (nSPS) is 26.3. The number of nitrogens with zero attached hydrogens (tertiary/aromatic N) is 1. The summed E-state index contributed by atoms with van der Waals surface area (Å²) in [6, 6.07) is -0.252. The Labute approximate surface area is 92.2 Å². The van der Waals surface area contributed by atoms with Gasteiger partial charge in [-0.15, -0.1) is 0 Å². The van der Waals surface area contributed by atoms with Crippen LogP contribution in [0.15, 0.2) is 0 Å². The zero-order chi connectivity index (χ0) is 12.3. The van der Waals surface area contributed by atoms with Crippen molar-refractivity contribution in [2.24, 2.45) is 5.92 Å². The van der Waals surface area contributed by atoms with E-state index >= 15 is 0 Å². The summed E-state index contributed by atoms with van der Waals surface area (Å²) < 4.78 is 36.9. The molecule has 0 aromatic heterocycles. The molecule has 16 heavy (non-hydrogen) atoms. The van der Waals surface area contributed by atoms with Crippen LogP contribution in [0.3, 0.4) is 0 Å². The fourth-order valence-corrected chi connectivity index (χ4v) is 2.36. The molecule has 0 aromatic rings. The lowest BCUT2D eigenvalue weighted by atomic mass is 10.0. The van der Waals surface area contributed by atoms with Crippen LogP contribution in [0.4, 0.5) is 13.2 Å². The largest absolute Gasteiger partial charge is 0.480 e. The fraction of sp³-hybridized carbons (Fsp3) is 0.900. The van der Waals surface area contributed by atoms with Crippen molar-refractivity contribution in [1.82, 2.24) is 4.90 Å². The molecular weight excluding hydrogens is 223 g/mol. The van der Waals surface area contributed by atoms with Crippen LogP contribution >= 0.6 is 0 Å². The second kappa shape index (κ2) is 5.03. The first-order valence-electron chi connectivity index (χ1n) is 5.32. The molecule has 0 aromatic carbocycles. The van der Waals surface area contributed by atoms with Crippen LogP contribution in [0.2, 0.25) is 0 Å². The zero-order valence-corrected chi connectivity index (χ0v) is 9.13. The molecule has 0 spiro atoms. The summed E-state index contributed by atoms with van der Waals surface area (Å²) in [5.41, 5.74) is 0. The van der Waals surface area contributed by atoms with Gasteiger partial charge in [0.1, 0.15) is 0 Å². The first-order chi connectivity index (χ1) is 7.29. The van der Waals surface area contributed by atoms with E-state index in [4.69, 9.17) is 5.11 Å². The number of carbonyl (C=O) groups is 1. The molecule has 0 heterocycles. The maximum atomic E-state index is 12.3. The third kappa shape index (κ3) is 4.00. The summed E-state index contributed by atoms with van der Waals surface area (Å²) in [6.45, 7) is 0.214. The van der Waals surface area contributed by atoms with Gasteiger partial charge in [-0.25, -0.2) is 0 Å². The molecule has 1 rings (SSSR count). The van der Waals surface area contributed by atoms with Gasteiger partial charge in [0, 0.05) is 6.04 Å². The Bertz CT molecular complexity index is 255. The average Bonchev–Trinajstić information content (AvgIpc) is 2.46. The summed E-state index contributed by atoms with van der Waals surface area (Å²) in [6.07, 6.45) is -1.93. The summed E-state index contributed by atoms with van der Waals surface area (Å²) in [7, 11) is 0. The van der Waals surface area contributed by atoms with Crippen LogP contribution in [0.25, 0.3) is 0 Å². The monoisotopic (exact) mass is 239 g/mol. The second-order valence-corrected chi connectivity index (χ2v) is 4.39. The van der Waals surface area contributed by atoms with Crippen molar-refractivity contribution in [3.8, 4) is 0 Å². The third-order valence-electron chi connectivity index (χ3n) is 3.01. The molecule has 0 aliphatic heterocycles. The van der Waals surface area contributed by atoms with E-state index in [0.717, 1.165) is 17.7 Å². The van der Waals surface area contributed by atoms with Gasteiger partial charge in [0.25, 0.3) is 0 Å². The molecule has 2 unspecified atom stereocenters. The number of aliphatic carboxylic acids is 1. The Kier molecular flexibility index (Phi) is 4.18. The predicted octanol–water partition coefficient (Wildman–Crippen LogP) is 2.12. The topological polar surface area (TPSA) is 40.5 Å². The molecule has 2 atom stereocenters. The van der Waals surface area contributed by atoms with E-state index in [9.17, 15) is 18.0 Å². The summed E-state index contributed by atoms with van der Waals surface area (Å²) in [4.78, 5) is 11.6. The van der Waals surface area contributed by atoms with Gasteiger partial charge in [0.05, 0.1) is 13.1 Å². The van der Waals surface area contributed by atoms with Crippen molar-refractivity contribution in [3.05, 3.63) is 0 Å². The Balaban J connectivity index is 2.66. The van der Waals surface area contributed by atoms with E-state index in [1.165, 1.54) is 0 Å².